The van der Waals surface area contributed by atoms with Crippen LogP contribution in [0.15, 0.2) is 23.0 Å². The molecule has 0 amide bonds. The van der Waals surface area contributed by atoms with Crippen LogP contribution in [-0.2, 0) is 11.5 Å². The number of hydrogen-bond donors (Lipinski definition) is 1. The van der Waals surface area contributed by atoms with Gasteiger partial charge in [-0.25, -0.2) is 4.98 Å². The van der Waals surface area contributed by atoms with E-state index in [4.69, 9.17) is 23.2 Å². The zero-order valence-corrected chi connectivity index (χ0v) is 11.5. The summed E-state index contributed by atoms with van der Waals surface area (Å²) in [6.45, 7) is 0. The Hall–Kier alpha value is -0.970. The third kappa shape index (κ3) is 2.05. The van der Waals surface area contributed by atoms with Crippen LogP contribution >= 0.6 is 35.0 Å². The third-order valence-electron chi connectivity index (χ3n) is 2.77. The summed E-state index contributed by atoms with van der Waals surface area (Å²) in [5.74, 6) is 1.97. The normalized spacial score (nSPS) is 13.7. The highest BCUT2D eigenvalue weighted by molar-refractivity contribution is 7.98. The first-order valence-electron chi connectivity index (χ1n) is 5.30. The molecule has 2 heterocycles. The van der Waals surface area contributed by atoms with E-state index in [9.17, 15) is 4.79 Å². The summed E-state index contributed by atoms with van der Waals surface area (Å²) in [5.41, 5.74) is 2.17. The van der Waals surface area contributed by atoms with Crippen LogP contribution in [0.1, 0.15) is 11.3 Å². The molecular formula is C12H8Cl2N2OS. The Morgan fingerprint density at radius 3 is 2.94 bits per heavy atom. The number of hydrogen-bond acceptors (Lipinski definition) is 3. The van der Waals surface area contributed by atoms with Crippen molar-refractivity contribution in [1.82, 2.24) is 9.97 Å². The summed E-state index contributed by atoms with van der Waals surface area (Å²) < 4.78 is 0. The van der Waals surface area contributed by atoms with Crippen LogP contribution in [0.3, 0.4) is 0 Å². The molecule has 0 spiro atoms. The van der Waals surface area contributed by atoms with E-state index in [0.29, 0.717) is 21.4 Å². The molecule has 0 atom stereocenters. The van der Waals surface area contributed by atoms with Crippen molar-refractivity contribution in [3.8, 4) is 11.4 Å². The molecule has 6 heteroatoms. The molecule has 92 valence electrons. The number of nitrogens with one attached hydrogen (secondary N) is 1. The van der Waals surface area contributed by atoms with Crippen molar-refractivity contribution >= 4 is 35.0 Å². The van der Waals surface area contributed by atoms with Crippen molar-refractivity contribution in [3.63, 3.8) is 0 Å². The lowest BCUT2D eigenvalue weighted by atomic mass is 10.2. The number of nitrogens with zero attached hydrogens (tertiary/aromatic N) is 1. The van der Waals surface area contributed by atoms with Crippen molar-refractivity contribution in [2.24, 2.45) is 0 Å². The molecule has 3 rings (SSSR count). The van der Waals surface area contributed by atoms with Gasteiger partial charge in [-0.1, -0.05) is 23.2 Å². The lowest BCUT2D eigenvalue weighted by molar-refractivity contribution is 1.03. The molecule has 2 aromatic rings. The fraction of sp³-hybridized carbons (Fsp3) is 0.167. The first kappa shape index (κ1) is 12.1. The molecule has 0 bridgehead atoms. The van der Waals surface area contributed by atoms with Gasteiger partial charge >= 0.3 is 0 Å². The predicted octanol–water partition coefficient (Wildman–Crippen LogP) is 3.49. The summed E-state index contributed by atoms with van der Waals surface area (Å²) in [7, 11) is 0. The van der Waals surface area contributed by atoms with Crippen LogP contribution in [-0.4, -0.2) is 9.97 Å². The van der Waals surface area contributed by atoms with Gasteiger partial charge in [0.2, 0.25) is 0 Å². The molecule has 1 N–H and O–H groups in total. The SMILES string of the molecule is O=c1[nH]c(-c2cc(Cl)ccc2Cl)nc2c1CSC2. The minimum Gasteiger partial charge on any atom is -0.306 e. The van der Waals surface area contributed by atoms with Crippen LogP contribution in [0.2, 0.25) is 10.0 Å². The Balaban J connectivity index is 2.21. The number of rotatable bonds is 1. The zero-order chi connectivity index (χ0) is 12.7. The van der Waals surface area contributed by atoms with Crippen LogP contribution in [0.25, 0.3) is 11.4 Å². The monoisotopic (exact) mass is 298 g/mol. The van der Waals surface area contributed by atoms with E-state index < -0.39 is 0 Å². The van der Waals surface area contributed by atoms with Crippen molar-refractivity contribution in [2.45, 2.75) is 11.5 Å². The van der Waals surface area contributed by atoms with Gasteiger partial charge in [-0.15, -0.1) is 0 Å². The minimum absolute atomic E-state index is 0.0870. The number of aromatic amines is 1. The van der Waals surface area contributed by atoms with Gasteiger partial charge in [0.15, 0.2) is 0 Å². The highest BCUT2D eigenvalue weighted by Crippen LogP contribution is 2.30. The van der Waals surface area contributed by atoms with Crippen molar-refractivity contribution in [1.29, 1.82) is 0 Å². The maximum absolute atomic E-state index is 11.9. The topological polar surface area (TPSA) is 45.8 Å². The Labute approximate surface area is 118 Å². The average Bonchev–Trinajstić information content (AvgIpc) is 2.81. The maximum Gasteiger partial charge on any atom is 0.255 e. The van der Waals surface area contributed by atoms with E-state index in [1.54, 1.807) is 30.0 Å². The Morgan fingerprint density at radius 2 is 2.11 bits per heavy atom. The Kier molecular flexibility index (Phi) is 3.09. The molecule has 0 saturated carbocycles. The quantitative estimate of drug-likeness (QED) is 0.876. The highest BCUT2D eigenvalue weighted by atomic mass is 35.5. The second-order valence-corrected chi connectivity index (χ2v) is 5.79. The number of fused-ring (bicyclic) bond motifs is 1. The summed E-state index contributed by atoms with van der Waals surface area (Å²) in [6.07, 6.45) is 0. The van der Waals surface area contributed by atoms with Crippen LogP contribution in [0, 0.1) is 0 Å². The average molecular weight is 299 g/mol. The molecule has 0 saturated heterocycles. The Morgan fingerprint density at radius 1 is 1.28 bits per heavy atom. The molecule has 1 aliphatic rings. The number of aromatic nitrogens is 2. The predicted molar refractivity (Wildman–Crippen MR) is 75.3 cm³/mol. The van der Waals surface area contributed by atoms with E-state index in [2.05, 4.69) is 9.97 Å². The minimum atomic E-state index is -0.0870. The molecule has 1 aromatic heterocycles. The Bertz CT molecular complexity index is 684. The van der Waals surface area contributed by atoms with Gasteiger partial charge in [0.1, 0.15) is 5.82 Å². The summed E-state index contributed by atoms with van der Waals surface area (Å²) in [5, 5.41) is 1.08. The zero-order valence-electron chi connectivity index (χ0n) is 9.17. The summed E-state index contributed by atoms with van der Waals surface area (Å²) >= 11 is 13.7. The van der Waals surface area contributed by atoms with E-state index in [1.807, 2.05) is 0 Å². The second kappa shape index (κ2) is 4.61. The number of H-pyrrole nitrogens is 1. The molecule has 0 fully saturated rings. The van der Waals surface area contributed by atoms with Crippen LogP contribution in [0.5, 0.6) is 0 Å². The fourth-order valence-corrected chi connectivity index (χ4v) is 3.28. The molecule has 0 aliphatic carbocycles. The van der Waals surface area contributed by atoms with E-state index in [-0.39, 0.29) is 5.56 Å². The number of halogens is 2. The number of thioether (sulfide) groups is 1. The van der Waals surface area contributed by atoms with Gasteiger partial charge in [0.25, 0.3) is 5.56 Å². The van der Waals surface area contributed by atoms with Gasteiger partial charge in [-0.05, 0) is 18.2 Å². The maximum atomic E-state index is 11.9. The molecule has 3 nitrogen and oxygen atoms in total. The van der Waals surface area contributed by atoms with Gasteiger partial charge in [-0.3, -0.25) is 4.79 Å². The summed E-state index contributed by atoms with van der Waals surface area (Å²) in [6, 6.07) is 5.10. The van der Waals surface area contributed by atoms with E-state index in [0.717, 1.165) is 22.8 Å². The van der Waals surface area contributed by atoms with Gasteiger partial charge in [0.05, 0.1) is 10.7 Å². The standard InChI is InChI=1S/C12H8Cl2N2OS/c13-6-1-2-9(14)7(3-6)11-15-10-5-18-4-8(10)12(17)16-11/h1-3H,4-5H2,(H,15,16,17). The van der Waals surface area contributed by atoms with Crippen LogP contribution in [0.4, 0.5) is 0 Å². The summed E-state index contributed by atoms with van der Waals surface area (Å²) in [4.78, 5) is 19.2. The highest BCUT2D eigenvalue weighted by Gasteiger charge is 2.18. The van der Waals surface area contributed by atoms with Crippen LogP contribution < -0.4 is 5.56 Å². The first-order chi connectivity index (χ1) is 8.65. The lowest BCUT2D eigenvalue weighted by Crippen LogP contribution is -2.15. The third-order valence-corrected chi connectivity index (χ3v) is 4.30. The molecule has 0 radical (unpaired) electrons. The second-order valence-electron chi connectivity index (χ2n) is 3.96. The van der Waals surface area contributed by atoms with Crippen molar-refractivity contribution in [2.75, 3.05) is 0 Å². The molecular weight excluding hydrogens is 291 g/mol. The molecule has 0 unspecified atom stereocenters. The van der Waals surface area contributed by atoms with E-state index in [1.165, 1.54) is 0 Å². The van der Waals surface area contributed by atoms with Gasteiger partial charge in [0, 0.05) is 27.7 Å². The first-order valence-corrected chi connectivity index (χ1v) is 7.21. The molecule has 1 aromatic carbocycles. The van der Waals surface area contributed by atoms with E-state index >= 15 is 0 Å². The smallest absolute Gasteiger partial charge is 0.255 e. The van der Waals surface area contributed by atoms with Crippen molar-refractivity contribution in [3.05, 3.63) is 49.9 Å². The van der Waals surface area contributed by atoms with Crippen molar-refractivity contribution < 1.29 is 0 Å². The van der Waals surface area contributed by atoms with Gasteiger partial charge < -0.3 is 4.98 Å². The number of benzene rings is 1. The fourth-order valence-electron chi connectivity index (χ4n) is 1.87. The lowest BCUT2D eigenvalue weighted by Gasteiger charge is -2.06. The molecule has 18 heavy (non-hydrogen) atoms. The van der Waals surface area contributed by atoms with Gasteiger partial charge in [-0.2, -0.15) is 11.8 Å². The largest absolute Gasteiger partial charge is 0.306 e. The molecule has 1 aliphatic heterocycles.